The predicted molar refractivity (Wildman–Crippen MR) is 122 cm³/mol. The van der Waals surface area contributed by atoms with Crippen molar-refractivity contribution in [2.75, 3.05) is 0 Å². The molecule has 0 spiro atoms. The van der Waals surface area contributed by atoms with Crippen LogP contribution in [0.15, 0.2) is 48.1 Å². The zero-order chi connectivity index (χ0) is 20.9. The predicted octanol–water partition coefficient (Wildman–Crippen LogP) is 6.21. The van der Waals surface area contributed by atoms with Crippen LogP contribution in [0.1, 0.15) is 70.8 Å². The van der Waals surface area contributed by atoms with E-state index in [0.29, 0.717) is 17.6 Å². The molecule has 30 heavy (non-hydrogen) atoms. The van der Waals surface area contributed by atoms with E-state index in [4.69, 9.17) is 0 Å². The Hall–Kier alpha value is -1.67. The summed E-state index contributed by atoms with van der Waals surface area (Å²) in [5.74, 6) is 2.62. The van der Waals surface area contributed by atoms with Crippen molar-refractivity contribution in [2.24, 2.45) is 34.5 Å². The zero-order valence-electron chi connectivity index (χ0n) is 18.5. The summed E-state index contributed by atoms with van der Waals surface area (Å²) in [5, 5.41) is 10.2. The number of ketones is 1. The van der Waals surface area contributed by atoms with Crippen molar-refractivity contribution in [1.29, 1.82) is 0 Å². The molecule has 3 saturated carbocycles. The van der Waals surface area contributed by atoms with Gasteiger partial charge in [0.15, 0.2) is 5.78 Å². The number of aliphatic hydroxyl groups excluding tert-OH is 1. The lowest BCUT2D eigenvalue weighted by atomic mass is 9.47. The van der Waals surface area contributed by atoms with Gasteiger partial charge >= 0.3 is 0 Å². The van der Waals surface area contributed by atoms with Crippen molar-refractivity contribution < 1.29 is 9.90 Å². The second kappa shape index (κ2) is 7.48. The number of allylic oxidation sites excluding steroid dienone is 2. The molecule has 1 unspecified atom stereocenters. The Labute approximate surface area is 181 Å². The Morgan fingerprint density at radius 1 is 1.03 bits per heavy atom. The number of rotatable bonds is 3. The third kappa shape index (κ3) is 3.14. The summed E-state index contributed by atoms with van der Waals surface area (Å²) in [6, 6.07) is 10.2. The van der Waals surface area contributed by atoms with Gasteiger partial charge in [-0.2, -0.15) is 0 Å². The summed E-state index contributed by atoms with van der Waals surface area (Å²) in [7, 11) is 0. The van der Waals surface area contributed by atoms with E-state index >= 15 is 0 Å². The first kappa shape index (κ1) is 20.2. The highest BCUT2D eigenvalue weighted by Crippen LogP contribution is 2.66. The monoisotopic (exact) mass is 404 g/mol. The Morgan fingerprint density at radius 3 is 2.63 bits per heavy atom. The minimum Gasteiger partial charge on any atom is -0.393 e. The van der Waals surface area contributed by atoms with E-state index in [-0.39, 0.29) is 22.9 Å². The molecule has 5 rings (SSSR count). The molecule has 7 atom stereocenters. The maximum Gasteiger partial charge on any atom is 0.159 e. The summed E-state index contributed by atoms with van der Waals surface area (Å²) < 4.78 is 0. The van der Waals surface area contributed by atoms with Gasteiger partial charge < -0.3 is 5.11 Å². The van der Waals surface area contributed by atoms with Crippen molar-refractivity contribution in [1.82, 2.24) is 0 Å². The van der Waals surface area contributed by atoms with Gasteiger partial charge in [-0.3, -0.25) is 4.79 Å². The van der Waals surface area contributed by atoms with Gasteiger partial charge in [-0.1, -0.05) is 61.9 Å². The molecule has 160 valence electrons. The highest BCUT2D eigenvalue weighted by Gasteiger charge is 2.59. The molecule has 1 N–H and O–H groups in total. The van der Waals surface area contributed by atoms with Gasteiger partial charge in [-0.05, 0) is 91.6 Å². The molecule has 0 heterocycles. The fourth-order valence-corrected chi connectivity index (χ4v) is 7.97. The summed E-state index contributed by atoms with van der Waals surface area (Å²) in [5.41, 5.74) is 3.06. The molecule has 0 saturated heterocycles. The third-order valence-corrected chi connectivity index (χ3v) is 9.66. The molecule has 4 aliphatic carbocycles. The van der Waals surface area contributed by atoms with Crippen LogP contribution < -0.4 is 0 Å². The topological polar surface area (TPSA) is 37.3 Å². The summed E-state index contributed by atoms with van der Waals surface area (Å²) in [6.07, 6.45) is 15.0. The second-order valence-electron chi connectivity index (χ2n) is 11.0. The summed E-state index contributed by atoms with van der Waals surface area (Å²) >= 11 is 0. The van der Waals surface area contributed by atoms with E-state index in [1.165, 1.54) is 24.8 Å². The van der Waals surface area contributed by atoms with Gasteiger partial charge in [-0.25, -0.2) is 0 Å². The molecule has 1 aromatic rings. The largest absolute Gasteiger partial charge is 0.393 e. The minimum absolute atomic E-state index is 0.139. The van der Waals surface area contributed by atoms with Crippen LogP contribution >= 0.6 is 0 Å². The third-order valence-electron chi connectivity index (χ3n) is 9.66. The number of hydrogen-bond acceptors (Lipinski definition) is 2. The lowest BCUT2D eigenvalue weighted by Gasteiger charge is -2.57. The quantitative estimate of drug-likeness (QED) is 0.480. The average molecular weight is 405 g/mol. The Morgan fingerprint density at radius 2 is 1.83 bits per heavy atom. The summed E-state index contributed by atoms with van der Waals surface area (Å²) in [6.45, 7) is 4.90. The van der Waals surface area contributed by atoms with E-state index in [9.17, 15) is 9.90 Å². The van der Waals surface area contributed by atoms with E-state index in [1.807, 2.05) is 30.4 Å². The van der Waals surface area contributed by atoms with Crippen molar-refractivity contribution in [3.8, 4) is 0 Å². The van der Waals surface area contributed by atoms with Gasteiger partial charge in [0.1, 0.15) is 0 Å². The molecule has 1 aromatic carbocycles. The van der Waals surface area contributed by atoms with Crippen LogP contribution in [0.4, 0.5) is 0 Å². The SMILES string of the molecule is C[C@]12CC[C@H]3[C@@H](CC=C4CC(O)CC[C@@]43C)[C@@H]1CC[C@@H]2C(=O)/C=C/c1ccccc1. The number of fused-ring (bicyclic) bond motifs is 5. The molecule has 0 aliphatic heterocycles. The number of benzene rings is 1. The van der Waals surface area contributed by atoms with Crippen molar-refractivity contribution in [2.45, 2.75) is 71.3 Å². The van der Waals surface area contributed by atoms with Gasteiger partial charge in [-0.15, -0.1) is 0 Å². The van der Waals surface area contributed by atoms with Gasteiger partial charge in [0.25, 0.3) is 0 Å². The van der Waals surface area contributed by atoms with Crippen LogP contribution in [0, 0.1) is 34.5 Å². The van der Waals surface area contributed by atoms with E-state index < -0.39 is 0 Å². The van der Waals surface area contributed by atoms with Crippen LogP contribution in [0.2, 0.25) is 0 Å². The van der Waals surface area contributed by atoms with Crippen molar-refractivity contribution >= 4 is 11.9 Å². The first-order valence-electron chi connectivity index (χ1n) is 12.1. The Kier molecular flexibility index (Phi) is 5.05. The van der Waals surface area contributed by atoms with Crippen LogP contribution in [0.25, 0.3) is 6.08 Å². The lowest BCUT2D eigenvalue weighted by Crippen LogP contribution is -2.50. The molecule has 0 amide bonds. The fourth-order valence-electron chi connectivity index (χ4n) is 7.97. The zero-order valence-corrected chi connectivity index (χ0v) is 18.5. The number of hydrogen-bond donors (Lipinski definition) is 1. The van der Waals surface area contributed by atoms with Crippen LogP contribution in [-0.2, 0) is 4.79 Å². The average Bonchev–Trinajstić information content (AvgIpc) is 3.10. The van der Waals surface area contributed by atoms with Crippen molar-refractivity contribution in [3.05, 3.63) is 53.6 Å². The van der Waals surface area contributed by atoms with E-state index in [2.05, 4.69) is 32.1 Å². The number of aliphatic hydroxyl groups is 1. The maximum absolute atomic E-state index is 13.2. The van der Waals surface area contributed by atoms with Gasteiger partial charge in [0.05, 0.1) is 6.10 Å². The standard InChI is InChI=1S/C28H36O2/c1-27-16-14-21(29)18-20(27)9-10-22-23-11-12-25(28(23,2)17-15-24(22)27)26(30)13-8-19-6-4-3-5-7-19/h3-9,13,21-25,29H,10-12,14-18H2,1-2H3/b13-8+/t21?,22-,23-,24-,25+,27-,28-/m0/s1. The minimum atomic E-state index is -0.139. The normalized spacial score (nSPS) is 42.9. The molecule has 2 nitrogen and oxygen atoms in total. The Balaban J connectivity index is 1.36. The summed E-state index contributed by atoms with van der Waals surface area (Å²) in [4.78, 5) is 13.2. The second-order valence-corrected chi connectivity index (χ2v) is 11.0. The molecular formula is C28H36O2. The van der Waals surface area contributed by atoms with Crippen molar-refractivity contribution in [3.63, 3.8) is 0 Å². The van der Waals surface area contributed by atoms with Crippen LogP contribution in [0.5, 0.6) is 0 Å². The van der Waals surface area contributed by atoms with Gasteiger partial charge in [0.2, 0.25) is 0 Å². The first-order valence-corrected chi connectivity index (χ1v) is 12.1. The smallest absolute Gasteiger partial charge is 0.159 e. The van der Waals surface area contributed by atoms with Crippen LogP contribution in [0.3, 0.4) is 0 Å². The molecule has 3 fully saturated rings. The maximum atomic E-state index is 13.2. The fraction of sp³-hybridized carbons (Fsp3) is 0.607. The molecule has 0 radical (unpaired) electrons. The highest BCUT2D eigenvalue weighted by atomic mass is 16.3. The molecular weight excluding hydrogens is 368 g/mol. The van der Waals surface area contributed by atoms with Crippen LogP contribution in [-0.4, -0.2) is 17.0 Å². The number of carbonyl (C=O) groups excluding carboxylic acids is 1. The number of carbonyl (C=O) groups is 1. The first-order chi connectivity index (χ1) is 14.4. The lowest BCUT2D eigenvalue weighted by molar-refractivity contribution is -0.124. The Bertz CT molecular complexity index is 868. The van der Waals surface area contributed by atoms with E-state index in [0.717, 1.165) is 43.6 Å². The molecule has 4 aliphatic rings. The highest BCUT2D eigenvalue weighted by molar-refractivity contribution is 5.96. The van der Waals surface area contributed by atoms with E-state index in [1.54, 1.807) is 0 Å². The molecule has 2 heteroatoms. The molecule has 0 bridgehead atoms. The van der Waals surface area contributed by atoms with Gasteiger partial charge in [0, 0.05) is 5.92 Å². The molecule has 0 aromatic heterocycles.